The standard InChI is InChI=1S/C17H18ClN3O5S/c1-10-5-14(27(25,26)20(3)4)8-15(11(10)2)19-9-12-6-13(18)7-16(17(12)22)21(23)24/h5-9,22H,1-4H3/p-1. The van der Waals surface area contributed by atoms with Gasteiger partial charge in [-0.25, -0.2) is 12.7 Å². The lowest BCUT2D eigenvalue weighted by Crippen LogP contribution is -2.22. The summed E-state index contributed by atoms with van der Waals surface area (Å²) in [6, 6.07) is 5.16. The zero-order valence-corrected chi connectivity index (χ0v) is 16.6. The molecule has 8 nitrogen and oxygen atoms in total. The third-order valence-electron chi connectivity index (χ3n) is 3.99. The monoisotopic (exact) mass is 410 g/mol. The second-order valence-electron chi connectivity index (χ2n) is 6.03. The van der Waals surface area contributed by atoms with Gasteiger partial charge in [0.15, 0.2) is 0 Å². The minimum absolute atomic E-state index is 0.0274. The molecule has 0 amide bonds. The molecule has 0 fully saturated rings. The molecule has 0 aliphatic rings. The maximum Gasteiger partial charge on any atom is 0.263 e. The first-order valence-corrected chi connectivity index (χ1v) is 9.49. The van der Waals surface area contributed by atoms with Crippen LogP contribution < -0.4 is 5.11 Å². The number of aryl methyl sites for hydroxylation is 1. The van der Waals surface area contributed by atoms with E-state index in [1.807, 2.05) is 0 Å². The van der Waals surface area contributed by atoms with Crippen LogP contribution in [0.2, 0.25) is 5.02 Å². The highest BCUT2D eigenvalue weighted by atomic mass is 35.5. The molecule has 0 aliphatic heterocycles. The van der Waals surface area contributed by atoms with Gasteiger partial charge in [-0.3, -0.25) is 15.1 Å². The van der Waals surface area contributed by atoms with Gasteiger partial charge in [0, 0.05) is 31.4 Å². The van der Waals surface area contributed by atoms with Gasteiger partial charge in [-0.05, 0) is 54.5 Å². The number of benzene rings is 2. The van der Waals surface area contributed by atoms with Crippen LogP contribution in [0.15, 0.2) is 34.2 Å². The number of halogens is 1. The summed E-state index contributed by atoms with van der Waals surface area (Å²) in [5, 5.41) is 23.1. The van der Waals surface area contributed by atoms with Crippen LogP contribution in [0.5, 0.6) is 5.75 Å². The van der Waals surface area contributed by atoms with Crippen LogP contribution in [-0.4, -0.2) is 38.0 Å². The number of nitrogens with zero attached hydrogens (tertiary/aromatic N) is 3. The van der Waals surface area contributed by atoms with Gasteiger partial charge in [-0.2, -0.15) is 0 Å². The van der Waals surface area contributed by atoms with Gasteiger partial charge in [0.25, 0.3) is 5.69 Å². The van der Waals surface area contributed by atoms with E-state index in [4.69, 9.17) is 11.6 Å². The zero-order valence-electron chi connectivity index (χ0n) is 15.1. The van der Waals surface area contributed by atoms with E-state index < -0.39 is 26.4 Å². The normalized spacial score (nSPS) is 12.1. The first-order valence-electron chi connectivity index (χ1n) is 7.68. The Labute approximate surface area is 161 Å². The molecule has 2 aromatic carbocycles. The Balaban J connectivity index is 2.59. The fraction of sp³-hybridized carbons (Fsp3) is 0.235. The molecule has 0 aromatic heterocycles. The molecule has 0 heterocycles. The Morgan fingerprint density at radius 2 is 1.81 bits per heavy atom. The summed E-state index contributed by atoms with van der Waals surface area (Å²) in [7, 11) is -0.829. The van der Waals surface area contributed by atoms with Crippen molar-refractivity contribution in [1.82, 2.24) is 4.31 Å². The quantitative estimate of drug-likeness (QED) is 0.426. The predicted molar refractivity (Wildman–Crippen MR) is 102 cm³/mol. The maximum atomic E-state index is 12.4. The number of rotatable bonds is 5. The Kier molecular flexibility index (Phi) is 5.88. The van der Waals surface area contributed by atoms with E-state index in [1.165, 1.54) is 32.3 Å². The van der Waals surface area contributed by atoms with Crippen molar-refractivity contribution in [1.29, 1.82) is 0 Å². The molecule has 144 valence electrons. The Morgan fingerprint density at radius 1 is 1.19 bits per heavy atom. The highest BCUT2D eigenvalue weighted by Gasteiger charge is 2.19. The van der Waals surface area contributed by atoms with Gasteiger partial charge in [0.1, 0.15) is 0 Å². The topological polar surface area (TPSA) is 116 Å². The molecule has 0 N–H and O–H groups in total. The van der Waals surface area contributed by atoms with Crippen LogP contribution in [0.3, 0.4) is 0 Å². The Hall–Kier alpha value is -2.49. The van der Waals surface area contributed by atoms with Crippen LogP contribution in [0.1, 0.15) is 16.7 Å². The summed E-state index contributed by atoms with van der Waals surface area (Å²) in [6.45, 7) is 3.50. The largest absolute Gasteiger partial charge is 0.867 e. The minimum Gasteiger partial charge on any atom is -0.867 e. The summed E-state index contributed by atoms with van der Waals surface area (Å²) >= 11 is 5.83. The molecular weight excluding hydrogens is 394 g/mol. The molecule has 0 unspecified atom stereocenters. The van der Waals surface area contributed by atoms with Crippen molar-refractivity contribution in [3.05, 3.63) is 56.1 Å². The minimum atomic E-state index is -3.67. The summed E-state index contributed by atoms with van der Waals surface area (Å²) in [4.78, 5) is 14.4. The van der Waals surface area contributed by atoms with Crippen molar-refractivity contribution in [3.63, 3.8) is 0 Å². The molecular formula is C17H17ClN3O5S-. The number of sulfonamides is 1. The smallest absolute Gasteiger partial charge is 0.263 e. The van der Waals surface area contributed by atoms with Gasteiger partial charge in [-0.15, -0.1) is 0 Å². The second kappa shape index (κ2) is 7.63. The maximum absolute atomic E-state index is 12.4. The third kappa shape index (κ3) is 4.26. The number of nitro groups is 1. The number of nitro benzene ring substituents is 1. The van der Waals surface area contributed by atoms with Crippen LogP contribution in [-0.2, 0) is 10.0 Å². The summed E-state index contributed by atoms with van der Waals surface area (Å²) < 4.78 is 25.8. The molecule has 0 aliphatic carbocycles. The Bertz CT molecular complexity index is 1050. The first-order chi connectivity index (χ1) is 12.4. The second-order valence-corrected chi connectivity index (χ2v) is 8.62. The molecule has 10 heteroatoms. The predicted octanol–water partition coefficient (Wildman–Crippen LogP) is 2.94. The summed E-state index contributed by atoms with van der Waals surface area (Å²) in [5.41, 5.74) is 1.03. The average Bonchev–Trinajstić information content (AvgIpc) is 2.57. The van der Waals surface area contributed by atoms with Crippen molar-refractivity contribution >= 4 is 39.2 Å². The van der Waals surface area contributed by atoms with E-state index in [0.29, 0.717) is 16.8 Å². The molecule has 2 aromatic rings. The molecule has 0 saturated heterocycles. The number of hydrogen-bond donors (Lipinski definition) is 0. The van der Waals surface area contributed by atoms with E-state index in [1.54, 1.807) is 13.8 Å². The Morgan fingerprint density at radius 3 is 2.37 bits per heavy atom. The molecule has 27 heavy (non-hydrogen) atoms. The molecule has 0 saturated carbocycles. The van der Waals surface area contributed by atoms with Gasteiger partial charge >= 0.3 is 0 Å². The van der Waals surface area contributed by atoms with E-state index in [0.717, 1.165) is 16.6 Å². The van der Waals surface area contributed by atoms with Gasteiger partial charge < -0.3 is 5.11 Å². The summed E-state index contributed by atoms with van der Waals surface area (Å²) in [6.07, 6.45) is 1.15. The van der Waals surface area contributed by atoms with Crippen molar-refractivity contribution < 1.29 is 18.4 Å². The van der Waals surface area contributed by atoms with E-state index >= 15 is 0 Å². The fourth-order valence-corrected chi connectivity index (χ4v) is 3.50. The molecule has 2 rings (SSSR count). The summed E-state index contributed by atoms with van der Waals surface area (Å²) in [5.74, 6) is -0.820. The highest BCUT2D eigenvalue weighted by Crippen LogP contribution is 2.32. The van der Waals surface area contributed by atoms with E-state index in [9.17, 15) is 23.6 Å². The molecule has 0 radical (unpaired) electrons. The zero-order chi connectivity index (χ0) is 20.5. The third-order valence-corrected chi connectivity index (χ3v) is 6.01. The molecule has 0 spiro atoms. The van der Waals surface area contributed by atoms with E-state index in [-0.39, 0.29) is 15.5 Å². The molecule has 0 atom stereocenters. The molecule has 0 bridgehead atoms. The first kappa shape index (κ1) is 20.8. The van der Waals surface area contributed by atoms with Crippen molar-refractivity contribution in [3.8, 4) is 5.75 Å². The number of aliphatic imine (C=N–C) groups is 1. The average molecular weight is 411 g/mol. The lowest BCUT2D eigenvalue weighted by Gasteiger charge is -2.14. The van der Waals surface area contributed by atoms with Crippen LogP contribution >= 0.6 is 11.6 Å². The lowest BCUT2D eigenvalue weighted by molar-refractivity contribution is -0.398. The lowest BCUT2D eigenvalue weighted by atomic mass is 10.1. The van der Waals surface area contributed by atoms with Gasteiger partial charge in [-0.1, -0.05) is 11.6 Å². The fourth-order valence-electron chi connectivity index (χ4n) is 2.27. The van der Waals surface area contributed by atoms with Crippen LogP contribution in [0, 0.1) is 24.0 Å². The van der Waals surface area contributed by atoms with Crippen LogP contribution in [0.25, 0.3) is 0 Å². The van der Waals surface area contributed by atoms with Gasteiger partial charge in [0.05, 0.1) is 15.5 Å². The van der Waals surface area contributed by atoms with Crippen molar-refractivity contribution in [2.24, 2.45) is 4.99 Å². The van der Waals surface area contributed by atoms with E-state index in [2.05, 4.69) is 4.99 Å². The van der Waals surface area contributed by atoms with Crippen molar-refractivity contribution in [2.45, 2.75) is 18.7 Å². The van der Waals surface area contributed by atoms with Crippen molar-refractivity contribution in [2.75, 3.05) is 14.1 Å². The SMILES string of the molecule is Cc1cc(S(=O)(=O)N(C)C)cc(N=Cc2cc(Cl)cc([N+](=O)[O-])c2[O-])c1C. The highest BCUT2D eigenvalue weighted by molar-refractivity contribution is 7.89. The number of hydrogen-bond acceptors (Lipinski definition) is 6. The van der Waals surface area contributed by atoms with Crippen LogP contribution in [0.4, 0.5) is 11.4 Å². The van der Waals surface area contributed by atoms with Gasteiger partial charge in [0.2, 0.25) is 10.0 Å².